The molecule has 1 aromatic heterocycles. The molecule has 0 fully saturated rings. The van der Waals surface area contributed by atoms with E-state index in [0.717, 1.165) is 11.5 Å². The number of halogens is 1. The Morgan fingerprint density at radius 3 is 2.80 bits per heavy atom. The van der Waals surface area contributed by atoms with Gasteiger partial charge in [0.05, 0.1) is 0 Å². The summed E-state index contributed by atoms with van der Waals surface area (Å²) in [6.07, 6.45) is 1.54. The first-order valence-electron chi connectivity index (χ1n) is 2.40. The second kappa shape index (κ2) is 2.86. The molecule has 0 saturated carbocycles. The van der Waals surface area contributed by atoms with E-state index in [-0.39, 0.29) is 5.75 Å². The van der Waals surface area contributed by atoms with Crippen molar-refractivity contribution in [3.8, 4) is 0 Å². The van der Waals surface area contributed by atoms with Gasteiger partial charge < -0.3 is 0 Å². The number of hydrogen-bond donors (Lipinski definition) is 0. The number of aromatic nitrogens is 1. The van der Waals surface area contributed by atoms with Crippen LogP contribution in [0.2, 0.25) is 0 Å². The molecular formula is C4H4ClNO2S2. The van der Waals surface area contributed by atoms with Gasteiger partial charge in [-0.05, 0) is 17.6 Å². The van der Waals surface area contributed by atoms with Crippen LogP contribution in [-0.2, 0) is 14.8 Å². The van der Waals surface area contributed by atoms with Gasteiger partial charge in [0.2, 0.25) is 9.05 Å². The van der Waals surface area contributed by atoms with Crippen molar-refractivity contribution >= 4 is 31.3 Å². The summed E-state index contributed by atoms with van der Waals surface area (Å²) in [5.74, 6) is -0.126. The zero-order valence-corrected chi connectivity index (χ0v) is 7.21. The lowest BCUT2D eigenvalue weighted by molar-refractivity contribution is 0.609. The zero-order chi connectivity index (χ0) is 7.61. The fourth-order valence-corrected chi connectivity index (χ4v) is 2.52. The summed E-state index contributed by atoms with van der Waals surface area (Å²) in [5, 5.41) is 0. The number of nitrogens with zero attached hydrogens (tertiary/aromatic N) is 1. The summed E-state index contributed by atoms with van der Waals surface area (Å²) in [6, 6.07) is 1.63. The lowest BCUT2D eigenvalue weighted by Gasteiger charge is -1.87. The molecule has 10 heavy (non-hydrogen) atoms. The largest absolute Gasteiger partial charge is 0.237 e. The molecule has 3 nitrogen and oxygen atoms in total. The second-order valence-corrected chi connectivity index (χ2v) is 5.36. The van der Waals surface area contributed by atoms with Gasteiger partial charge in [-0.2, -0.15) is 0 Å². The first kappa shape index (κ1) is 7.97. The van der Waals surface area contributed by atoms with Crippen LogP contribution in [0.15, 0.2) is 12.3 Å². The number of hydrogen-bond acceptors (Lipinski definition) is 4. The lowest BCUT2D eigenvalue weighted by atomic mass is 10.6. The fourth-order valence-electron chi connectivity index (χ4n) is 0.487. The van der Waals surface area contributed by atoms with Crippen molar-refractivity contribution < 1.29 is 8.42 Å². The lowest BCUT2D eigenvalue weighted by Crippen LogP contribution is -1.91. The Kier molecular flexibility index (Phi) is 2.28. The van der Waals surface area contributed by atoms with Gasteiger partial charge >= 0.3 is 0 Å². The van der Waals surface area contributed by atoms with Crippen molar-refractivity contribution in [3.63, 3.8) is 0 Å². The highest BCUT2D eigenvalue weighted by Crippen LogP contribution is 2.11. The van der Waals surface area contributed by atoms with E-state index in [1.807, 2.05) is 0 Å². The molecule has 0 aliphatic rings. The van der Waals surface area contributed by atoms with E-state index in [4.69, 9.17) is 10.7 Å². The second-order valence-electron chi connectivity index (χ2n) is 1.66. The van der Waals surface area contributed by atoms with Crippen molar-refractivity contribution in [1.29, 1.82) is 0 Å². The molecule has 0 amide bonds. The van der Waals surface area contributed by atoms with Crippen LogP contribution in [-0.4, -0.2) is 12.8 Å². The molecule has 1 heterocycles. The van der Waals surface area contributed by atoms with Crippen LogP contribution in [0.1, 0.15) is 4.88 Å². The van der Waals surface area contributed by atoms with Crippen LogP contribution in [0, 0.1) is 0 Å². The Hall–Kier alpha value is -0.130. The summed E-state index contributed by atoms with van der Waals surface area (Å²) in [5.41, 5.74) is 0. The van der Waals surface area contributed by atoms with Gasteiger partial charge in [0.25, 0.3) is 0 Å². The van der Waals surface area contributed by atoms with Gasteiger partial charge in [0, 0.05) is 21.8 Å². The van der Waals surface area contributed by atoms with E-state index >= 15 is 0 Å². The average Bonchev–Trinajstić information content (AvgIpc) is 2.12. The minimum Gasteiger partial charge on any atom is -0.212 e. The molecule has 56 valence electrons. The van der Waals surface area contributed by atoms with Crippen molar-refractivity contribution in [3.05, 3.63) is 17.1 Å². The van der Waals surface area contributed by atoms with Crippen LogP contribution in [0.4, 0.5) is 0 Å². The van der Waals surface area contributed by atoms with Crippen molar-refractivity contribution in [1.82, 2.24) is 4.37 Å². The summed E-state index contributed by atoms with van der Waals surface area (Å²) < 4.78 is 24.6. The Bertz CT molecular complexity index is 291. The van der Waals surface area contributed by atoms with Crippen LogP contribution < -0.4 is 0 Å². The topological polar surface area (TPSA) is 47.0 Å². The van der Waals surface area contributed by atoms with E-state index in [0.29, 0.717) is 4.88 Å². The molecule has 0 N–H and O–H groups in total. The van der Waals surface area contributed by atoms with Gasteiger partial charge in [-0.1, -0.05) is 0 Å². The van der Waals surface area contributed by atoms with Gasteiger partial charge in [0.1, 0.15) is 5.75 Å². The molecule has 0 saturated heterocycles. The summed E-state index contributed by atoms with van der Waals surface area (Å²) >= 11 is 1.14. The highest BCUT2D eigenvalue weighted by atomic mass is 35.7. The predicted octanol–water partition coefficient (Wildman–Crippen LogP) is 1.21. The van der Waals surface area contributed by atoms with E-state index in [1.165, 1.54) is 0 Å². The summed E-state index contributed by atoms with van der Waals surface area (Å²) in [4.78, 5) is 0.662. The Morgan fingerprint density at radius 2 is 2.40 bits per heavy atom. The van der Waals surface area contributed by atoms with Crippen LogP contribution in [0.3, 0.4) is 0 Å². The maximum Gasteiger partial charge on any atom is 0.237 e. The minimum atomic E-state index is -3.40. The molecule has 0 unspecified atom stereocenters. The molecule has 6 heteroatoms. The summed E-state index contributed by atoms with van der Waals surface area (Å²) in [6.45, 7) is 0. The third kappa shape index (κ3) is 2.64. The molecule has 0 aliphatic carbocycles. The molecule has 0 atom stereocenters. The molecule has 0 bridgehead atoms. The normalized spacial score (nSPS) is 11.7. The first-order valence-corrected chi connectivity index (χ1v) is 5.65. The van der Waals surface area contributed by atoms with Gasteiger partial charge in [-0.3, -0.25) is 0 Å². The molecule has 1 rings (SSSR count). The third-order valence-corrected chi connectivity index (χ3v) is 2.71. The molecule has 0 spiro atoms. The van der Waals surface area contributed by atoms with Gasteiger partial charge in [-0.25, -0.2) is 12.8 Å². The Balaban J connectivity index is 2.75. The third-order valence-electron chi connectivity index (χ3n) is 0.806. The molecule has 1 aromatic rings. The maximum absolute atomic E-state index is 10.4. The van der Waals surface area contributed by atoms with Crippen molar-refractivity contribution in [2.24, 2.45) is 0 Å². The van der Waals surface area contributed by atoms with Crippen LogP contribution >= 0.6 is 22.2 Å². The van der Waals surface area contributed by atoms with Crippen molar-refractivity contribution in [2.45, 2.75) is 5.75 Å². The van der Waals surface area contributed by atoms with E-state index < -0.39 is 9.05 Å². The quantitative estimate of drug-likeness (QED) is 0.670. The van der Waals surface area contributed by atoms with E-state index in [1.54, 1.807) is 12.3 Å². The average molecular weight is 198 g/mol. The SMILES string of the molecule is O=S(=O)(Cl)Cc1ccns1. The smallest absolute Gasteiger partial charge is 0.212 e. The standard InChI is InChI=1S/C4H4ClNO2S2/c5-10(7,8)3-4-1-2-6-9-4/h1-2H,3H2. The highest BCUT2D eigenvalue weighted by Gasteiger charge is 2.07. The summed E-state index contributed by atoms with van der Waals surface area (Å²) in [7, 11) is 1.57. The van der Waals surface area contributed by atoms with Crippen LogP contribution in [0.25, 0.3) is 0 Å². The highest BCUT2D eigenvalue weighted by molar-refractivity contribution is 8.13. The Morgan fingerprint density at radius 1 is 1.70 bits per heavy atom. The van der Waals surface area contributed by atoms with Crippen LogP contribution in [0.5, 0.6) is 0 Å². The van der Waals surface area contributed by atoms with Gasteiger partial charge in [0.15, 0.2) is 0 Å². The minimum absolute atomic E-state index is 0.126. The molecular weight excluding hydrogens is 194 g/mol. The monoisotopic (exact) mass is 197 g/mol. The Labute approximate surface area is 67.2 Å². The molecule has 0 aliphatic heterocycles. The fraction of sp³-hybridized carbons (Fsp3) is 0.250. The first-order chi connectivity index (χ1) is 4.58. The van der Waals surface area contributed by atoms with E-state index in [2.05, 4.69) is 4.37 Å². The molecule has 0 radical (unpaired) electrons. The zero-order valence-electron chi connectivity index (χ0n) is 4.82. The maximum atomic E-state index is 10.4. The predicted molar refractivity (Wildman–Crippen MR) is 40.6 cm³/mol. The van der Waals surface area contributed by atoms with Gasteiger partial charge in [-0.15, -0.1) is 0 Å². The molecule has 0 aromatic carbocycles. The number of rotatable bonds is 2. The van der Waals surface area contributed by atoms with Crippen molar-refractivity contribution in [2.75, 3.05) is 0 Å². The van der Waals surface area contributed by atoms with E-state index in [9.17, 15) is 8.42 Å².